The summed E-state index contributed by atoms with van der Waals surface area (Å²) in [6.45, 7) is 4.73. The van der Waals surface area contributed by atoms with Crippen LogP contribution in [0.25, 0.3) is 11.3 Å². The molecule has 0 fully saturated rings. The van der Waals surface area contributed by atoms with Crippen LogP contribution in [-0.2, 0) is 0 Å². The fourth-order valence-electron chi connectivity index (χ4n) is 2.75. The zero-order valence-electron chi connectivity index (χ0n) is 15.3. The number of guanidine groups is 1. The number of anilines is 1. The molecule has 3 heterocycles. The van der Waals surface area contributed by atoms with Gasteiger partial charge in [-0.25, -0.2) is 9.97 Å². The first-order valence-corrected chi connectivity index (χ1v) is 10.3. The minimum atomic E-state index is 0.660. The summed E-state index contributed by atoms with van der Waals surface area (Å²) < 4.78 is 5.93. The quantitative estimate of drug-likeness (QED) is 0.641. The Morgan fingerprint density at radius 1 is 1.27 bits per heavy atom. The Hall–Kier alpha value is -2.15. The number of pyridine rings is 1. The Morgan fingerprint density at radius 2 is 2.19 bits per heavy atom. The number of aliphatic imine (C=N–C) groups is 1. The predicted octanol–water partition coefficient (Wildman–Crippen LogP) is 4.32. The van der Waals surface area contributed by atoms with Gasteiger partial charge in [0.1, 0.15) is 0 Å². The molecule has 7 heteroatoms. The van der Waals surface area contributed by atoms with Crippen molar-refractivity contribution in [1.82, 2.24) is 15.3 Å². The molecule has 0 unspecified atom stereocenters. The van der Waals surface area contributed by atoms with Crippen molar-refractivity contribution < 1.29 is 4.74 Å². The molecule has 2 aromatic heterocycles. The van der Waals surface area contributed by atoms with E-state index in [4.69, 9.17) is 4.74 Å². The number of unbranched alkanes of at least 4 members (excludes halogenated alkanes) is 4. The molecule has 2 aromatic rings. The Kier molecular flexibility index (Phi) is 7.25. The molecule has 140 valence electrons. The van der Waals surface area contributed by atoms with E-state index in [-0.39, 0.29) is 0 Å². The van der Waals surface area contributed by atoms with E-state index in [1.807, 2.05) is 17.5 Å². The zero-order chi connectivity index (χ0) is 18.0. The molecular formula is C19H27N5OS. The number of aromatic nitrogens is 2. The van der Waals surface area contributed by atoms with Crippen LogP contribution in [0.5, 0.6) is 5.88 Å². The van der Waals surface area contributed by atoms with Crippen LogP contribution in [-0.4, -0.2) is 35.6 Å². The molecule has 0 saturated carbocycles. The van der Waals surface area contributed by atoms with E-state index in [9.17, 15) is 0 Å². The van der Waals surface area contributed by atoms with Gasteiger partial charge in [0.15, 0.2) is 11.1 Å². The lowest BCUT2D eigenvalue weighted by Crippen LogP contribution is -2.35. The Bertz CT molecular complexity index is 715. The van der Waals surface area contributed by atoms with E-state index in [1.165, 1.54) is 25.7 Å². The van der Waals surface area contributed by atoms with Crippen LogP contribution in [0.4, 0.5) is 5.13 Å². The third-order valence-electron chi connectivity index (χ3n) is 4.16. The zero-order valence-corrected chi connectivity index (χ0v) is 16.1. The second kappa shape index (κ2) is 10.1. The van der Waals surface area contributed by atoms with Crippen molar-refractivity contribution in [2.75, 3.05) is 25.0 Å². The monoisotopic (exact) mass is 373 g/mol. The van der Waals surface area contributed by atoms with Crippen molar-refractivity contribution in [3.8, 4) is 17.1 Å². The highest BCUT2D eigenvalue weighted by Crippen LogP contribution is 2.30. The fraction of sp³-hybridized carbons (Fsp3) is 0.526. The molecular weight excluding hydrogens is 346 g/mol. The van der Waals surface area contributed by atoms with E-state index in [0.717, 1.165) is 48.3 Å². The third kappa shape index (κ3) is 5.42. The topological polar surface area (TPSA) is 71.4 Å². The Morgan fingerprint density at radius 3 is 3.04 bits per heavy atom. The number of nitrogens with one attached hydrogen (secondary N) is 2. The molecule has 0 atom stereocenters. The van der Waals surface area contributed by atoms with Gasteiger partial charge in [0.25, 0.3) is 0 Å². The first-order chi connectivity index (χ1) is 12.9. The highest BCUT2D eigenvalue weighted by atomic mass is 32.1. The standard InChI is InChI=1S/C19H27N5OS/c1-2-3-4-5-6-13-25-17-15(9-7-10-20-17)16-14-26-19(23-16)24-18-21-11-8-12-22-18/h7,9-10,14H,2-6,8,11-13H2,1H3,(H2,21,22,23,24). The van der Waals surface area contributed by atoms with E-state index in [1.54, 1.807) is 17.5 Å². The van der Waals surface area contributed by atoms with Crippen molar-refractivity contribution >= 4 is 22.4 Å². The molecule has 3 rings (SSSR count). The molecule has 0 spiro atoms. The molecule has 1 aliphatic heterocycles. The molecule has 0 amide bonds. The number of rotatable bonds is 9. The minimum Gasteiger partial charge on any atom is -0.477 e. The van der Waals surface area contributed by atoms with Crippen LogP contribution in [0, 0.1) is 0 Å². The average Bonchev–Trinajstić information content (AvgIpc) is 3.14. The van der Waals surface area contributed by atoms with Crippen LogP contribution in [0.1, 0.15) is 45.4 Å². The second-order valence-corrected chi connectivity index (χ2v) is 7.15. The van der Waals surface area contributed by atoms with Gasteiger partial charge in [0.05, 0.1) is 17.9 Å². The molecule has 0 aliphatic carbocycles. The van der Waals surface area contributed by atoms with Gasteiger partial charge in [0, 0.05) is 24.7 Å². The third-order valence-corrected chi connectivity index (χ3v) is 4.92. The summed E-state index contributed by atoms with van der Waals surface area (Å²) in [5.41, 5.74) is 1.81. The lowest BCUT2D eigenvalue weighted by molar-refractivity contribution is 0.294. The number of ether oxygens (including phenoxy) is 1. The van der Waals surface area contributed by atoms with E-state index in [0.29, 0.717) is 12.5 Å². The molecule has 0 aromatic carbocycles. The molecule has 0 saturated heterocycles. The van der Waals surface area contributed by atoms with Gasteiger partial charge in [-0.3, -0.25) is 4.99 Å². The van der Waals surface area contributed by atoms with Gasteiger partial charge in [-0.05, 0) is 25.0 Å². The van der Waals surface area contributed by atoms with Gasteiger partial charge in [-0.1, -0.05) is 32.6 Å². The van der Waals surface area contributed by atoms with E-state index >= 15 is 0 Å². The summed E-state index contributed by atoms with van der Waals surface area (Å²) in [6, 6.07) is 3.93. The van der Waals surface area contributed by atoms with Crippen molar-refractivity contribution in [1.29, 1.82) is 0 Å². The molecule has 26 heavy (non-hydrogen) atoms. The summed E-state index contributed by atoms with van der Waals surface area (Å²) in [4.78, 5) is 13.5. The Labute approximate surface area is 159 Å². The second-order valence-electron chi connectivity index (χ2n) is 6.29. The van der Waals surface area contributed by atoms with Gasteiger partial charge >= 0.3 is 0 Å². The van der Waals surface area contributed by atoms with Gasteiger partial charge in [0.2, 0.25) is 5.88 Å². The normalized spacial score (nSPS) is 13.8. The first kappa shape index (κ1) is 18.6. The summed E-state index contributed by atoms with van der Waals surface area (Å²) in [7, 11) is 0. The minimum absolute atomic E-state index is 0.660. The van der Waals surface area contributed by atoms with E-state index in [2.05, 4.69) is 32.5 Å². The number of thiazole rings is 1. The molecule has 1 aliphatic rings. The van der Waals surface area contributed by atoms with E-state index < -0.39 is 0 Å². The molecule has 2 N–H and O–H groups in total. The van der Waals surface area contributed by atoms with Crippen molar-refractivity contribution in [2.45, 2.75) is 45.4 Å². The van der Waals surface area contributed by atoms with Crippen LogP contribution < -0.4 is 15.4 Å². The number of hydrogen-bond acceptors (Lipinski definition) is 7. The van der Waals surface area contributed by atoms with Crippen LogP contribution in [0.3, 0.4) is 0 Å². The molecule has 6 nitrogen and oxygen atoms in total. The maximum absolute atomic E-state index is 5.93. The first-order valence-electron chi connectivity index (χ1n) is 9.46. The maximum atomic E-state index is 5.93. The predicted molar refractivity (Wildman–Crippen MR) is 108 cm³/mol. The summed E-state index contributed by atoms with van der Waals surface area (Å²) in [5, 5.41) is 9.34. The highest BCUT2D eigenvalue weighted by molar-refractivity contribution is 7.14. The van der Waals surface area contributed by atoms with Crippen LogP contribution in [0.15, 0.2) is 28.7 Å². The lowest BCUT2D eigenvalue weighted by Gasteiger charge is -2.14. The van der Waals surface area contributed by atoms with Gasteiger partial charge in [-0.15, -0.1) is 11.3 Å². The lowest BCUT2D eigenvalue weighted by atomic mass is 10.2. The van der Waals surface area contributed by atoms with Crippen LogP contribution in [0.2, 0.25) is 0 Å². The Balaban J connectivity index is 1.59. The van der Waals surface area contributed by atoms with Crippen molar-refractivity contribution in [2.24, 2.45) is 4.99 Å². The van der Waals surface area contributed by atoms with Crippen molar-refractivity contribution in [3.05, 3.63) is 23.7 Å². The highest BCUT2D eigenvalue weighted by Gasteiger charge is 2.13. The number of hydrogen-bond donors (Lipinski definition) is 2. The van der Waals surface area contributed by atoms with Crippen LogP contribution >= 0.6 is 11.3 Å². The van der Waals surface area contributed by atoms with Crippen molar-refractivity contribution in [3.63, 3.8) is 0 Å². The SMILES string of the molecule is CCCCCCCOc1ncccc1-c1csc(NC2=NCCCN2)n1. The fourth-order valence-corrected chi connectivity index (χ4v) is 3.46. The largest absolute Gasteiger partial charge is 0.477 e. The van der Waals surface area contributed by atoms with Gasteiger partial charge < -0.3 is 15.4 Å². The smallest absolute Gasteiger partial charge is 0.222 e. The molecule has 0 radical (unpaired) electrons. The summed E-state index contributed by atoms with van der Waals surface area (Å²) >= 11 is 1.56. The average molecular weight is 374 g/mol. The summed E-state index contributed by atoms with van der Waals surface area (Å²) in [6.07, 6.45) is 8.93. The van der Waals surface area contributed by atoms with Gasteiger partial charge in [-0.2, -0.15) is 0 Å². The number of nitrogens with zero attached hydrogens (tertiary/aromatic N) is 3. The summed E-state index contributed by atoms with van der Waals surface area (Å²) in [5.74, 6) is 1.46. The molecule has 0 bridgehead atoms. The maximum Gasteiger partial charge on any atom is 0.222 e.